The molecule has 30 heavy (non-hydrogen) atoms. The van der Waals surface area contributed by atoms with E-state index in [1.54, 1.807) is 20.8 Å². The van der Waals surface area contributed by atoms with Crippen LogP contribution in [-0.2, 0) is 4.74 Å². The van der Waals surface area contributed by atoms with Crippen LogP contribution in [0.15, 0.2) is 30.3 Å². The third-order valence-electron chi connectivity index (χ3n) is 5.69. The molecule has 2 aromatic rings. The molecule has 1 aliphatic rings. The van der Waals surface area contributed by atoms with Crippen molar-refractivity contribution in [3.05, 3.63) is 58.4 Å². The maximum atomic E-state index is 13.2. The van der Waals surface area contributed by atoms with Gasteiger partial charge in [-0.2, -0.15) is 0 Å². The number of likely N-dealkylation sites (N-methyl/N-ethyl adjacent to an activating group) is 1. The second-order valence-electron chi connectivity index (χ2n) is 7.89. The van der Waals surface area contributed by atoms with Gasteiger partial charge in [0.2, 0.25) is 0 Å². The Hall–Kier alpha value is -2.64. The first-order valence-corrected chi connectivity index (χ1v) is 10.5. The quantitative estimate of drug-likeness (QED) is 0.684. The lowest BCUT2D eigenvalue weighted by Crippen LogP contribution is -2.47. The number of hydrogen-bond donors (Lipinski definition) is 2. The Morgan fingerprint density at radius 3 is 2.43 bits per heavy atom. The number of aryl methyl sites for hydroxylation is 1. The number of esters is 1. The third kappa shape index (κ3) is 5.09. The SMILES string of the molecule is CCOC(=O)c1c(C)[nH]c(C(=O)NC(CN2CCN(C)CC2)c2ccccc2)c1C. The molecule has 1 amide bonds. The van der Waals surface area contributed by atoms with E-state index in [1.165, 1.54) is 0 Å². The molecule has 0 spiro atoms. The van der Waals surface area contributed by atoms with Crippen LogP contribution in [0.4, 0.5) is 0 Å². The molecule has 1 unspecified atom stereocenters. The molecule has 1 saturated heterocycles. The largest absolute Gasteiger partial charge is 0.462 e. The highest BCUT2D eigenvalue weighted by molar-refractivity contribution is 6.00. The van der Waals surface area contributed by atoms with Crippen LogP contribution in [0.25, 0.3) is 0 Å². The number of carbonyl (C=O) groups excluding carboxylic acids is 2. The molecular weight excluding hydrogens is 380 g/mol. The van der Waals surface area contributed by atoms with Gasteiger partial charge in [0.1, 0.15) is 5.69 Å². The number of rotatable bonds is 7. The number of amides is 1. The van der Waals surface area contributed by atoms with Crippen LogP contribution < -0.4 is 5.32 Å². The molecule has 0 saturated carbocycles. The van der Waals surface area contributed by atoms with Crippen LogP contribution >= 0.6 is 0 Å². The fourth-order valence-electron chi connectivity index (χ4n) is 3.93. The second kappa shape index (κ2) is 9.91. The first-order chi connectivity index (χ1) is 14.4. The van der Waals surface area contributed by atoms with Gasteiger partial charge >= 0.3 is 5.97 Å². The number of nitrogens with one attached hydrogen (secondary N) is 2. The van der Waals surface area contributed by atoms with Crippen molar-refractivity contribution in [3.63, 3.8) is 0 Å². The molecule has 1 aromatic heterocycles. The van der Waals surface area contributed by atoms with Crippen LogP contribution in [0.1, 0.15) is 50.6 Å². The predicted molar refractivity (Wildman–Crippen MR) is 117 cm³/mol. The number of ether oxygens (including phenoxy) is 1. The van der Waals surface area contributed by atoms with Crippen molar-refractivity contribution in [2.75, 3.05) is 46.4 Å². The highest BCUT2D eigenvalue weighted by Gasteiger charge is 2.26. The molecule has 3 rings (SSSR count). The van der Waals surface area contributed by atoms with Gasteiger partial charge in [0.25, 0.3) is 5.91 Å². The molecule has 7 nitrogen and oxygen atoms in total. The normalized spacial score (nSPS) is 16.3. The van der Waals surface area contributed by atoms with E-state index in [1.807, 2.05) is 30.3 Å². The lowest BCUT2D eigenvalue weighted by atomic mass is 10.0. The summed E-state index contributed by atoms with van der Waals surface area (Å²) in [6.45, 7) is 10.4. The summed E-state index contributed by atoms with van der Waals surface area (Å²) in [5.74, 6) is -0.617. The molecular formula is C23H32N4O3. The minimum Gasteiger partial charge on any atom is -0.462 e. The molecule has 0 bridgehead atoms. The smallest absolute Gasteiger partial charge is 0.340 e. The fraction of sp³-hybridized carbons (Fsp3) is 0.478. The minimum absolute atomic E-state index is 0.142. The van der Waals surface area contributed by atoms with Crippen LogP contribution in [0, 0.1) is 13.8 Å². The predicted octanol–water partition coefficient (Wildman–Crippen LogP) is 2.53. The Morgan fingerprint density at radius 2 is 1.80 bits per heavy atom. The van der Waals surface area contributed by atoms with Crippen molar-refractivity contribution in [2.24, 2.45) is 0 Å². The summed E-state index contributed by atoms with van der Waals surface area (Å²) in [6, 6.07) is 9.89. The van der Waals surface area contributed by atoms with Gasteiger partial charge in [0, 0.05) is 38.4 Å². The van der Waals surface area contributed by atoms with Gasteiger partial charge in [-0.15, -0.1) is 0 Å². The number of H-pyrrole nitrogens is 1. The zero-order valence-corrected chi connectivity index (χ0v) is 18.3. The molecule has 7 heteroatoms. The maximum Gasteiger partial charge on any atom is 0.340 e. The Bertz CT molecular complexity index is 870. The number of aromatic nitrogens is 1. The molecule has 2 N–H and O–H groups in total. The fourth-order valence-corrected chi connectivity index (χ4v) is 3.93. The lowest BCUT2D eigenvalue weighted by Gasteiger charge is -2.35. The van der Waals surface area contributed by atoms with Gasteiger partial charge in [-0.25, -0.2) is 4.79 Å². The summed E-state index contributed by atoms with van der Waals surface area (Å²) in [5.41, 5.74) is 3.19. The topological polar surface area (TPSA) is 77.7 Å². The van der Waals surface area contributed by atoms with E-state index in [9.17, 15) is 9.59 Å². The van der Waals surface area contributed by atoms with Gasteiger partial charge in [-0.05, 0) is 38.9 Å². The first kappa shape index (κ1) is 22.1. The number of nitrogens with zero attached hydrogens (tertiary/aromatic N) is 2. The Labute approximate surface area is 178 Å². The molecule has 2 heterocycles. The highest BCUT2D eigenvalue weighted by atomic mass is 16.5. The number of aromatic amines is 1. The van der Waals surface area contributed by atoms with Gasteiger partial charge in [-0.1, -0.05) is 30.3 Å². The first-order valence-electron chi connectivity index (χ1n) is 10.5. The Morgan fingerprint density at radius 1 is 1.13 bits per heavy atom. The van der Waals surface area contributed by atoms with Crippen LogP contribution in [0.3, 0.4) is 0 Å². The van der Waals surface area contributed by atoms with Crippen molar-refractivity contribution in [1.29, 1.82) is 0 Å². The molecule has 1 atom stereocenters. The summed E-state index contributed by atoms with van der Waals surface area (Å²) in [6.07, 6.45) is 0. The number of hydrogen-bond acceptors (Lipinski definition) is 5. The van der Waals surface area contributed by atoms with E-state index in [2.05, 4.69) is 27.1 Å². The Kier molecular flexibility index (Phi) is 7.29. The van der Waals surface area contributed by atoms with E-state index >= 15 is 0 Å². The third-order valence-corrected chi connectivity index (χ3v) is 5.69. The van der Waals surface area contributed by atoms with Crippen LogP contribution in [-0.4, -0.2) is 73.0 Å². The molecule has 1 aliphatic heterocycles. The Balaban J connectivity index is 1.80. The maximum absolute atomic E-state index is 13.2. The average molecular weight is 413 g/mol. The van der Waals surface area contributed by atoms with Gasteiger partial charge < -0.3 is 19.9 Å². The van der Waals surface area contributed by atoms with Crippen molar-refractivity contribution in [2.45, 2.75) is 26.8 Å². The molecule has 0 radical (unpaired) electrons. The van der Waals surface area contributed by atoms with E-state index in [0.29, 0.717) is 29.1 Å². The summed E-state index contributed by atoms with van der Waals surface area (Å²) in [7, 11) is 2.13. The second-order valence-corrected chi connectivity index (χ2v) is 7.89. The number of benzene rings is 1. The molecule has 1 aromatic carbocycles. The number of carbonyl (C=O) groups is 2. The van der Waals surface area contributed by atoms with Crippen LogP contribution in [0.2, 0.25) is 0 Å². The zero-order valence-electron chi connectivity index (χ0n) is 18.3. The summed E-state index contributed by atoms with van der Waals surface area (Å²) in [5, 5.41) is 3.18. The highest BCUT2D eigenvalue weighted by Crippen LogP contribution is 2.21. The monoisotopic (exact) mass is 412 g/mol. The molecule has 162 valence electrons. The summed E-state index contributed by atoms with van der Waals surface area (Å²) < 4.78 is 5.14. The van der Waals surface area contributed by atoms with E-state index < -0.39 is 5.97 Å². The average Bonchev–Trinajstić information content (AvgIpc) is 3.04. The van der Waals surface area contributed by atoms with Crippen molar-refractivity contribution in [1.82, 2.24) is 20.1 Å². The van der Waals surface area contributed by atoms with Crippen molar-refractivity contribution < 1.29 is 14.3 Å². The van der Waals surface area contributed by atoms with Gasteiger partial charge in [0.15, 0.2) is 0 Å². The standard InChI is InChI=1S/C23H32N4O3/c1-5-30-23(29)20-16(2)21(24-17(20)3)22(28)25-19(18-9-7-6-8-10-18)15-27-13-11-26(4)12-14-27/h6-10,19,24H,5,11-15H2,1-4H3,(H,25,28). The zero-order chi connectivity index (χ0) is 21.7. The van der Waals surface area contributed by atoms with Gasteiger partial charge in [0.05, 0.1) is 18.2 Å². The van der Waals surface area contributed by atoms with E-state index in [0.717, 1.165) is 38.3 Å². The van der Waals surface area contributed by atoms with Crippen LogP contribution in [0.5, 0.6) is 0 Å². The van der Waals surface area contributed by atoms with Crippen molar-refractivity contribution in [3.8, 4) is 0 Å². The minimum atomic E-state index is -0.403. The van der Waals surface area contributed by atoms with E-state index in [4.69, 9.17) is 4.74 Å². The summed E-state index contributed by atoms with van der Waals surface area (Å²) in [4.78, 5) is 33.2. The number of piperazine rings is 1. The molecule has 0 aliphatic carbocycles. The molecule has 1 fully saturated rings. The van der Waals surface area contributed by atoms with E-state index in [-0.39, 0.29) is 11.9 Å². The lowest BCUT2D eigenvalue weighted by molar-refractivity contribution is 0.0525. The van der Waals surface area contributed by atoms with Gasteiger partial charge in [-0.3, -0.25) is 9.69 Å². The van der Waals surface area contributed by atoms with Crippen molar-refractivity contribution >= 4 is 11.9 Å². The summed E-state index contributed by atoms with van der Waals surface area (Å²) >= 11 is 0.